The zero-order chi connectivity index (χ0) is 9.64. The lowest BCUT2D eigenvalue weighted by Gasteiger charge is -1.78. The third-order valence-electron chi connectivity index (χ3n) is 1.69. The van der Waals surface area contributed by atoms with E-state index < -0.39 is 0 Å². The summed E-state index contributed by atoms with van der Waals surface area (Å²) < 4.78 is 0. The largest absolute Gasteiger partial charge is 0.290 e. The Morgan fingerprint density at radius 2 is 1.79 bits per heavy atom. The Labute approximate surface area is 80.4 Å². The molecule has 0 saturated carbocycles. The zero-order valence-corrected chi connectivity index (χ0v) is 7.51. The van der Waals surface area contributed by atoms with Gasteiger partial charge in [-0.3, -0.25) is 5.43 Å². The Hall–Kier alpha value is -1.98. The first kappa shape index (κ1) is 8.61. The van der Waals surface area contributed by atoms with Gasteiger partial charge in [-0.2, -0.15) is 20.5 Å². The van der Waals surface area contributed by atoms with E-state index in [0.29, 0.717) is 0 Å². The van der Waals surface area contributed by atoms with E-state index in [1.165, 1.54) is 0 Å². The second-order valence-electron chi connectivity index (χ2n) is 2.69. The van der Waals surface area contributed by atoms with E-state index in [1.807, 2.05) is 24.3 Å². The van der Waals surface area contributed by atoms with Gasteiger partial charge in [-0.25, -0.2) is 0 Å². The highest BCUT2D eigenvalue weighted by Gasteiger charge is 1.90. The van der Waals surface area contributed by atoms with Crippen molar-refractivity contribution in [3.8, 4) is 0 Å². The molecule has 14 heavy (non-hydrogen) atoms. The molecule has 0 atom stereocenters. The molecule has 0 spiro atoms. The van der Waals surface area contributed by atoms with E-state index in [4.69, 9.17) is 0 Å². The monoisotopic (exact) mass is 190 g/mol. The van der Waals surface area contributed by atoms with Crippen LogP contribution in [0.4, 0.5) is 0 Å². The maximum absolute atomic E-state index is 3.88. The fourth-order valence-corrected chi connectivity index (χ4v) is 1.04. The van der Waals surface area contributed by atoms with Crippen molar-refractivity contribution in [1.82, 2.24) is 20.8 Å². The molecular weight excluding hydrogens is 180 g/mol. The van der Waals surface area contributed by atoms with Crippen LogP contribution in [-0.4, -0.2) is 28.5 Å². The highest BCUT2D eigenvalue weighted by atomic mass is 15.5. The Morgan fingerprint density at radius 3 is 2.21 bits per heavy atom. The van der Waals surface area contributed by atoms with E-state index in [2.05, 4.69) is 31.2 Å². The second-order valence-corrected chi connectivity index (χ2v) is 2.69. The number of fused-ring (bicyclic) bond motifs is 1. The van der Waals surface area contributed by atoms with Gasteiger partial charge in [0.15, 0.2) is 0 Å². The predicted molar refractivity (Wildman–Crippen MR) is 51.6 cm³/mol. The maximum atomic E-state index is 3.88. The van der Waals surface area contributed by atoms with Crippen LogP contribution in [0.5, 0.6) is 0 Å². The van der Waals surface area contributed by atoms with Crippen LogP contribution in [0.25, 0.3) is 11.0 Å². The summed E-state index contributed by atoms with van der Waals surface area (Å²) in [6.45, 7) is 1.76. The van der Waals surface area contributed by atoms with E-state index in [-0.39, 0.29) is 0 Å². The van der Waals surface area contributed by atoms with Crippen molar-refractivity contribution in [2.75, 3.05) is 13.1 Å². The summed E-state index contributed by atoms with van der Waals surface area (Å²) in [4.78, 5) is 0. The minimum absolute atomic E-state index is 0.847. The number of nitrogens with zero attached hydrogens (tertiary/aromatic N) is 4. The first-order valence-corrected chi connectivity index (χ1v) is 4.32. The minimum Gasteiger partial charge on any atom is -0.290 e. The quantitative estimate of drug-likeness (QED) is 0.648. The van der Waals surface area contributed by atoms with Gasteiger partial charge in [-0.15, -0.1) is 0 Å². The molecule has 3 rings (SSSR count). The topological polar surface area (TPSA) is 78.3 Å². The van der Waals surface area contributed by atoms with E-state index >= 15 is 0 Å². The summed E-state index contributed by atoms with van der Waals surface area (Å²) in [6.07, 6.45) is 0. The average Bonchev–Trinajstić information content (AvgIpc) is 2.92. The molecule has 1 aromatic carbocycles. The van der Waals surface area contributed by atoms with Gasteiger partial charge in [0, 0.05) is 0 Å². The summed E-state index contributed by atoms with van der Waals surface area (Å²) in [6, 6.07) is 7.70. The van der Waals surface area contributed by atoms with Gasteiger partial charge in [0.05, 0.1) is 13.1 Å². The molecule has 0 amide bonds. The predicted octanol–water partition coefficient (Wildman–Crippen LogP) is 0.915. The van der Waals surface area contributed by atoms with Crippen molar-refractivity contribution in [2.45, 2.75) is 0 Å². The van der Waals surface area contributed by atoms with Crippen molar-refractivity contribution in [3.63, 3.8) is 0 Å². The van der Waals surface area contributed by atoms with E-state index in [9.17, 15) is 0 Å². The number of para-hydroxylation sites is 2. The van der Waals surface area contributed by atoms with Crippen LogP contribution < -0.4 is 5.43 Å². The smallest absolute Gasteiger partial charge is 0.112 e. The first-order chi connectivity index (χ1) is 6.97. The number of benzene rings is 1. The molecule has 0 unspecified atom stereocenters. The first-order valence-electron chi connectivity index (χ1n) is 4.32. The molecule has 0 bridgehead atoms. The van der Waals surface area contributed by atoms with Crippen LogP contribution in [0.1, 0.15) is 0 Å². The van der Waals surface area contributed by atoms with Crippen molar-refractivity contribution in [2.24, 2.45) is 10.3 Å². The SMILES string of the molecule is C1CNN=N1.c1ccc2n[nH]nc2c1. The molecule has 1 aliphatic heterocycles. The summed E-state index contributed by atoms with van der Waals surface area (Å²) >= 11 is 0. The Bertz CT molecular complexity index is 384. The molecule has 1 aliphatic rings. The van der Waals surface area contributed by atoms with Gasteiger partial charge in [0.25, 0.3) is 0 Å². The number of rotatable bonds is 0. The van der Waals surface area contributed by atoms with Crippen LogP contribution in [0.2, 0.25) is 0 Å². The molecular formula is C8H10N6. The van der Waals surface area contributed by atoms with Crippen LogP contribution >= 0.6 is 0 Å². The van der Waals surface area contributed by atoms with Gasteiger partial charge in [-0.05, 0) is 12.1 Å². The molecule has 72 valence electrons. The lowest BCUT2D eigenvalue weighted by molar-refractivity contribution is 0.828. The standard InChI is InChI=1S/C6H5N3.C2H5N3/c1-2-4-6-5(3-1)7-9-8-6;1-2-4-5-3-1/h1-4H,(H,7,8,9);1-2H2,(H,3,4). The van der Waals surface area contributed by atoms with E-state index in [0.717, 1.165) is 24.1 Å². The second kappa shape index (κ2) is 4.31. The Kier molecular flexibility index (Phi) is 2.65. The number of nitrogens with one attached hydrogen (secondary N) is 2. The summed E-state index contributed by atoms with van der Waals surface area (Å²) in [7, 11) is 0. The third kappa shape index (κ3) is 2.03. The molecule has 2 aromatic rings. The molecule has 0 aliphatic carbocycles. The van der Waals surface area contributed by atoms with Crippen molar-refractivity contribution < 1.29 is 0 Å². The van der Waals surface area contributed by atoms with E-state index in [1.54, 1.807) is 0 Å². The van der Waals surface area contributed by atoms with Crippen molar-refractivity contribution >= 4 is 11.0 Å². The van der Waals surface area contributed by atoms with Crippen LogP contribution in [0.3, 0.4) is 0 Å². The van der Waals surface area contributed by atoms with Gasteiger partial charge in [0.1, 0.15) is 11.0 Å². The number of H-pyrrole nitrogens is 1. The normalized spacial score (nSPS) is 13.4. The fraction of sp³-hybridized carbons (Fsp3) is 0.250. The molecule has 2 N–H and O–H groups in total. The fourth-order valence-electron chi connectivity index (χ4n) is 1.04. The molecule has 0 saturated heterocycles. The summed E-state index contributed by atoms with van der Waals surface area (Å²) in [5.41, 5.74) is 4.51. The number of hydrogen-bond donors (Lipinski definition) is 2. The molecule has 6 nitrogen and oxygen atoms in total. The van der Waals surface area contributed by atoms with Crippen LogP contribution in [0.15, 0.2) is 34.6 Å². The maximum Gasteiger partial charge on any atom is 0.112 e. The number of hydrogen-bond acceptors (Lipinski definition) is 5. The minimum atomic E-state index is 0.847. The molecule has 0 radical (unpaired) electrons. The van der Waals surface area contributed by atoms with Gasteiger partial charge in [-0.1, -0.05) is 17.4 Å². The highest BCUT2D eigenvalue weighted by Crippen LogP contribution is 2.03. The number of aromatic amines is 1. The van der Waals surface area contributed by atoms with Gasteiger partial charge < -0.3 is 0 Å². The Balaban J connectivity index is 0.000000128. The summed E-state index contributed by atoms with van der Waals surface area (Å²) in [5.74, 6) is 0. The lowest BCUT2D eigenvalue weighted by atomic mass is 10.3. The van der Waals surface area contributed by atoms with Crippen LogP contribution in [-0.2, 0) is 0 Å². The van der Waals surface area contributed by atoms with Gasteiger partial charge in [0.2, 0.25) is 0 Å². The molecule has 1 aromatic heterocycles. The highest BCUT2D eigenvalue weighted by molar-refractivity contribution is 5.72. The molecule has 6 heteroatoms. The number of aromatic nitrogens is 3. The summed E-state index contributed by atoms with van der Waals surface area (Å²) in [5, 5.41) is 17.4. The van der Waals surface area contributed by atoms with Gasteiger partial charge >= 0.3 is 0 Å². The average molecular weight is 190 g/mol. The zero-order valence-electron chi connectivity index (χ0n) is 7.51. The molecule has 2 heterocycles. The lowest BCUT2D eigenvalue weighted by Crippen LogP contribution is -1.99. The Morgan fingerprint density at radius 1 is 1.07 bits per heavy atom. The van der Waals surface area contributed by atoms with Crippen molar-refractivity contribution in [1.29, 1.82) is 0 Å². The third-order valence-corrected chi connectivity index (χ3v) is 1.69. The molecule has 0 fully saturated rings. The van der Waals surface area contributed by atoms with Crippen LogP contribution in [0, 0.1) is 0 Å². The van der Waals surface area contributed by atoms with Crippen molar-refractivity contribution in [3.05, 3.63) is 24.3 Å².